The van der Waals surface area contributed by atoms with Crippen LogP contribution in [-0.2, 0) is 0 Å². The molecule has 0 bridgehead atoms. The predicted octanol–water partition coefficient (Wildman–Crippen LogP) is 0.328. The van der Waals surface area contributed by atoms with Crippen LogP contribution in [0, 0.1) is 0 Å². The minimum absolute atomic E-state index is 0.354. The molecule has 0 fully saturated rings. The van der Waals surface area contributed by atoms with Gasteiger partial charge in [0.05, 0.1) is 0 Å². The van der Waals surface area contributed by atoms with E-state index < -0.39 is 0 Å². The van der Waals surface area contributed by atoms with Crippen LogP contribution in [0.15, 0.2) is 0 Å². The minimum Gasteiger partial charge on any atom is -0.400 e. The standard InChI is InChI=1S/C2H5BrO.CH4O/c1-2(3)4;1-2/h2,4H,1H3;2H,1H3. The van der Waals surface area contributed by atoms with Crippen molar-refractivity contribution < 1.29 is 10.2 Å². The number of hydrogen-bond donors (Lipinski definition) is 2. The third-order valence-electron chi connectivity index (χ3n) is 0. The normalized spacial score (nSPS) is 11.5. The van der Waals surface area contributed by atoms with Gasteiger partial charge in [-0.3, -0.25) is 0 Å². The van der Waals surface area contributed by atoms with Gasteiger partial charge in [0.25, 0.3) is 0 Å². The van der Waals surface area contributed by atoms with Crippen molar-refractivity contribution >= 4 is 15.9 Å². The van der Waals surface area contributed by atoms with Gasteiger partial charge in [-0.1, -0.05) is 15.9 Å². The Kier molecular flexibility index (Phi) is 14.5. The highest BCUT2D eigenvalue weighted by Crippen LogP contribution is 1.85. The van der Waals surface area contributed by atoms with Gasteiger partial charge in [-0.05, 0) is 6.92 Å². The Bertz CT molecular complexity index is 13.5. The van der Waals surface area contributed by atoms with Crippen molar-refractivity contribution in [3.63, 3.8) is 0 Å². The second-order valence-electron chi connectivity index (χ2n) is 0.574. The monoisotopic (exact) mass is 156 g/mol. The maximum atomic E-state index is 7.97. The molecule has 0 rings (SSSR count). The number of hydrogen-bond acceptors (Lipinski definition) is 2. The highest BCUT2D eigenvalue weighted by atomic mass is 79.9. The molecule has 0 aromatic carbocycles. The fourth-order valence-electron chi connectivity index (χ4n) is 0. The third kappa shape index (κ3) is 318. The van der Waals surface area contributed by atoms with Crippen LogP contribution >= 0.6 is 15.9 Å². The first kappa shape index (κ1) is 9.64. The van der Waals surface area contributed by atoms with Crippen LogP contribution in [-0.4, -0.2) is 22.3 Å². The van der Waals surface area contributed by atoms with Gasteiger partial charge in [0.2, 0.25) is 0 Å². The van der Waals surface area contributed by atoms with Crippen LogP contribution in [0.5, 0.6) is 0 Å². The molecule has 0 aromatic rings. The van der Waals surface area contributed by atoms with Crippen LogP contribution in [0.1, 0.15) is 6.92 Å². The Morgan fingerprint density at radius 2 is 1.50 bits per heavy atom. The molecule has 2 nitrogen and oxygen atoms in total. The van der Waals surface area contributed by atoms with Gasteiger partial charge in [-0.15, -0.1) is 0 Å². The van der Waals surface area contributed by atoms with Crippen molar-refractivity contribution in [1.82, 2.24) is 0 Å². The van der Waals surface area contributed by atoms with E-state index in [-0.39, 0.29) is 5.01 Å². The quantitative estimate of drug-likeness (QED) is 0.497. The molecule has 3 heteroatoms. The molecule has 2 N–H and O–H groups in total. The van der Waals surface area contributed by atoms with Crippen molar-refractivity contribution in [1.29, 1.82) is 0 Å². The molecular formula is C3H9BrO2. The summed E-state index contributed by atoms with van der Waals surface area (Å²) in [7, 11) is 1.00. The van der Waals surface area contributed by atoms with Crippen LogP contribution in [0.3, 0.4) is 0 Å². The van der Waals surface area contributed by atoms with Crippen molar-refractivity contribution in [2.45, 2.75) is 11.9 Å². The van der Waals surface area contributed by atoms with Gasteiger partial charge in [-0.25, -0.2) is 0 Å². The summed E-state index contributed by atoms with van der Waals surface area (Å²) in [5.74, 6) is 0. The van der Waals surface area contributed by atoms with Crippen molar-refractivity contribution in [3.05, 3.63) is 0 Å². The lowest BCUT2D eigenvalue weighted by Gasteiger charge is -1.77. The molecule has 0 saturated heterocycles. The SMILES string of the molecule is CC(O)Br.CO. The van der Waals surface area contributed by atoms with Gasteiger partial charge < -0.3 is 10.2 Å². The molecule has 0 amide bonds. The molecule has 0 aliphatic rings. The van der Waals surface area contributed by atoms with E-state index in [4.69, 9.17) is 10.2 Å². The van der Waals surface area contributed by atoms with Crippen LogP contribution in [0.25, 0.3) is 0 Å². The Hall–Kier alpha value is 0.400. The van der Waals surface area contributed by atoms with Gasteiger partial charge in [0.15, 0.2) is 0 Å². The molecule has 0 spiro atoms. The first-order valence-electron chi connectivity index (χ1n) is 1.50. The Labute approximate surface area is 45.9 Å². The average molecular weight is 157 g/mol. The fourth-order valence-corrected chi connectivity index (χ4v) is 0. The Morgan fingerprint density at radius 3 is 1.50 bits per heavy atom. The summed E-state index contributed by atoms with van der Waals surface area (Å²) in [6.45, 7) is 1.64. The lowest BCUT2D eigenvalue weighted by atomic mass is 10.9. The molecular weight excluding hydrogens is 148 g/mol. The molecule has 1 atom stereocenters. The largest absolute Gasteiger partial charge is 0.400 e. The van der Waals surface area contributed by atoms with E-state index in [0.29, 0.717) is 0 Å². The summed E-state index contributed by atoms with van der Waals surface area (Å²) in [6.07, 6.45) is 0. The van der Waals surface area contributed by atoms with Gasteiger partial charge in [-0.2, -0.15) is 0 Å². The molecule has 0 heterocycles. The second-order valence-corrected chi connectivity index (χ2v) is 1.90. The van der Waals surface area contributed by atoms with E-state index in [0.717, 1.165) is 7.11 Å². The van der Waals surface area contributed by atoms with Crippen LogP contribution in [0.2, 0.25) is 0 Å². The highest BCUT2D eigenvalue weighted by Gasteiger charge is 1.72. The number of halogens is 1. The average Bonchev–Trinajstić information content (AvgIpc) is 1.41. The van der Waals surface area contributed by atoms with E-state index in [1.165, 1.54) is 0 Å². The highest BCUT2D eigenvalue weighted by molar-refractivity contribution is 9.09. The summed E-state index contributed by atoms with van der Waals surface area (Å²) in [4.78, 5) is 0. The first-order chi connectivity index (χ1) is 2.73. The van der Waals surface area contributed by atoms with Gasteiger partial charge in [0.1, 0.15) is 5.01 Å². The zero-order valence-electron chi connectivity index (χ0n) is 3.85. The predicted molar refractivity (Wildman–Crippen MR) is 28.8 cm³/mol. The summed E-state index contributed by atoms with van der Waals surface area (Å²) in [6, 6.07) is 0. The zero-order valence-corrected chi connectivity index (χ0v) is 5.44. The molecule has 0 aromatic heterocycles. The van der Waals surface area contributed by atoms with E-state index in [9.17, 15) is 0 Å². The topological polar surface area (TPSA) is 40.5 Å². The summed E-state index contributed by atoms with van der Waals surface area (Å²) < 4.78 is 0. The summed E-state index contributed by atoms with van der Waals surface area (Å²) in [5, 5.41) is 14.6. The maximum Gasteiger partial charge on any atom is 0.106 e. The molecule has 1 unspecified atom stereocenters. The number of rotatable bonds is 0. The molecule has 0 saturated carbocycles. The molecule has 0 aliphatic carbocycles. The van der Waals surface area contributed by atoms with Gasteiger partial charge in [0, 0.05) is 7.11 Å². The molecule has 0 aliphatic heterocycles. The summed E-state index contributed by atoms with van der Waals surface area (Å²) >= 11 is 2.83. The van der Waals surface area contributed by atoms with Crippen LogP contribution in [0.4, 0.5) is 0 Å². The van der Waals surface area contributed by atoms with Crippen molar-refractivity contribution in [2.75, 3.05) is 7.11 Å². The zero-order chi connectivity index (χ0) is 5.58. The maximum absolute atomic E-state index is 7.97. The fraction of sp³-hybridized carbons (Fsp3) is 1.00. The van der Waals surface area contributed by atoms with E-state index >= 15 is 0 Å². The minimum atomic E-state index is -0.354. The van der Waals surface area contributed by atoms with E-state index in [2.05, 4.69) is 15.9 Å². The third-order valence-corrected chi connectivity index (χ3v) is 0. The first-order valence-corrected chi connectivity index (χ1v) is 2.42. The number of aliphatic hydroxyl groups is 2. The lowest BCUT2D eigenvalue weighted by molar-refractivity contribution is 0.290. The Balaban J connectivity index is 0. The van der Waals surface area contributed by atoms with Crippen LogP contribution < -0.4 is 0 Å². The van der Waals surface area contributed by atoms with E-state index in [1.807, 2.05) is 0 Å². The summed E-state index contributed by atoms with van der Waals surface area (Å²) in [5.41, 5.74) is 0. The van der Waals surface area contributed by atoms with E-state index in [1.54, 1.807) is 6.92 Å². The molecule has 0 radical (unpaired) electrons. The smallest absolute Gasteiger partial charge is 0.106 e. The van der Waals surface area contributed by atoms with Crippen molar-refractivity contribution in [2.24, 2.45) is 0 Å². The van der Waals surface area contributed by atoms with Crippen molar-refractivity contribution in [3.8, 4) is 0 Å². The second kappa shape index (κ2) is 9.04. The number of alkyl halides is 1. The number of aliphatic hydroxyl groups excluding tert-OH is 2. The van der Waals surface area contributed by atoms with Gasteiger partial charge >= 0.3 is 0 Å². The lowest BCUT2D eigenvalue weighted by Crippen LogP contribution is -1.78. The molecule has 6 heavy (non-hydrogen) atoms. The molecule has 40 valence electrons. The Morgan fingerprint density at radius 1 is 1.50 bits per heavy atom.